The Morgan fingerprint density at radius 1 is 0.909 bits per heavy atom. The summed E-state index contributed by atoms with van der Waals surface area (Å²) in [4.78, 5) is 25.2. The minimum Gasteiger partial charge on any atom is -0.508 e. The maximum Gasteiger partial charge on any atom is 0.330 e. The van der Waals surface area contributed by atoms with Crippen molar-refractivity contribution in [1.82, 2.24) is 0 Å². The molecule has 1 aromatic heterocycles. The highest BCUT2D eigenvalue weighted by Crippen LogP contribution is 2.43. The Hall–Kier alpha value is -5.08. The second kappa shape index (κ2) is 12.7. The molecule has 0 bridgehead atoms. The fraction of sp³-hybridized carbons (Fsp3) is 0.226. The monoisotopic (exact) mass is 608 g/mol. The first-order valence-electron chi connectivity index (χ1n) is 13.2. The molecule has 1 aliphatic heterocycles. The first-order valence-corrected chi connectivity index (χ1v) is 13.2. The molecule has 230 valence electrons. The molecule has 0 spiro atoms. The molecule has 0 saturated carbocycles. The Bertz CT molecular complexity index is 1730. The molecule has 44 heavy (non-hydrogen) atoms. The van der Waals surface area contributed by atoms with E-state index in [1.54, 1.807) is 12.1 Å². The van der Waals surface area contributed by atoms with Crippen LogP contribution >= 0.6 is 0 Å². The van der Waals surface area contributed by atoms with E-state index in [4.69, 9.17) is 23.4 Å². The fourth-order valence-corrected chi connectivity index (χ4v) is 4.55. The summed E-state index contributed by atoms with van der Waals surface area (Å²) in [5.74, 6) is -1.79. The zero-order valence-corrected chi connectivity index (χ0v) is 23.1. The van der Waals surface area contributed by atoms with Crippen LogP contribution in [0.2, 0.25) is 0 Å². The molecular weight excluding hydrogens is 580 g/mol. The van der Waals surface area contributed by atoms with Gasteiger partial charge in [0.25, 0.3) is 0 Å². The zero-order chi connectivity index (χ0) is 31.5. The SMILES string of the molecule is COc1c(O[C@@H]2O[C@H](COC(=O)C=Cc3ccc(O)cc3)[C@@H](O)[C@H](O)[C@H]2O)cc2oc(-c3ccc(O)cc3)cc(=O)c2c1O. The molecule has 13 nitrogen and oxygen atoms in total. The number of hydrogen-bond acceptors (Lipinski definition) is 13. The van der Waals surface area contributed by atoms with E-state index in [0.29, 0.717) is 11.1 Å². The van der Waals surface area contributed by atoms with E-state index >= 15 is 0 Å². The summed E-state index contributed by atoms with van der Waals surface area (Å²) in [6, 6.07) is 14.3. The van der Waals surface area contributed by atoms with Crippen molar-refractivity contribution in [2.75, 3.05) is 13.7 Å². The van der Waals surface area contributed by atoms with Crippen molar-refractivity contribution in [3.63, 3.8) is 0 Å². The molecule has 1 fully saturated rings. The Morgan fingerprint density at radius 2 is 1.57 bits per heavy atom. The highest BCUT2D eigenvalue weighted by Gasteiger charge is 2.46. The van der Waals surface area contributed by atoms with Crippen LogP contribution in [0.5, 0.6) is 28.7 Å². The van der Waals surface area contributed by atoms with E-state index in [1.165, 1.54) is 55.7 Å². The van der Waals surface area contributed by atoms with Crippen LogP contribution in [-0.4, -0.2) is 81.0 Å². The maximum absolute atomic E-state index is 12.9. The lowest BCUT2D eigenvalue weighted by Crippen LogP contribution is -2.60. The lowest BCUT2D eigenvalue weighted by Gasteiger charge is -2.40. The number of benzene rings is 3. The average Bonchev–Trinajstić information content (AvgIpc) is 3.00. The number of fused-ring (bicyclic) bond motifs is 1. The van der Waals surface area contributed by atoms with Gasteiger partial charge in [-0.15, -0.1) is 0 Å². The van der Waals surface area contributed by atoms with E-state index in [2.05, 4.69) is 0 Å². The van der Waals surface area contributed by atoms with E-state index in [1.807, 2.05) is 0 Å². The maximum atomic E-state index is 12.9. The van der Waals surface area contributed by atoms with Gasteiger partial charge >= 0.3 is 5.97 Å². The normalized spacial score (nSPS) is 21.8. The van der Waals surface area contributed by atoms with Crippen LogP contribution in [0.25, 0.3) is 28.4 Å². The highest BCUT2D eigenvalue weighted by molar-refractivity contribution is 5.89. The van der Waals surface area contributed by atoms with Crippen LogP contribution in [0.3, 0.4) is 0 Å². The van der Waals surface area contributed by atoms with Crippen molar-refractivity contribution < 1.29 is 58.8 Å². The molecule has 0 aliphatic carbocycles. The number of esters is 1. The smallest absolute Gasteiger partial charge is 0.330 e. The van der Waals surface area contributed by atoms with Crippen LogP contribution in [0.4, 0.5) is 0 Å². The lowest BCUT2D eigenvalue weighted by atomic mass is 9.99. The molecule has 1 saturated heterocycles. The summed E-state index contributed by atoms with van der Waals surface area (Å²) in [6.07, 6.45) is -5.71. The fourth-order valence-electron chi connectivity index (χ4n) is 4.55. The Morgan fingerprint density at radius 3 is 2.23 bits per heavy atom. The third-order valence-electron chi connectivity index (χ3n) is 6.88. The molecule has 3 aromatic carbocycles. The van der Waals surface area contributed by atoms with E-state index in [-0.39, 0.29) is 39.7 Å². The van der Waals surface area contributed by atoms with E-state index in [0.717, 1.165) is 12.1 Å². The number of aromatic hydroxyl groups is 3. The van der Waals surface area contributed by atoms with Gasteiger partial charge in [0.15, 0.2) is 16.9 Å². The first-order chi connectivity index (χ1) is 21.0. The summed E-state index contributed by atoms with van der Waals surface area (Å²) in [5.41, 5.74) is 0.341. The third kappa shape index (κ3) is 6.31. The van der Waals surface area contributed by atoms with Gasteiger partial charge in [0.1, 0.15) is 59.3 Å². The predicted molar refractivity (Wildman–Crippen MR) is 153 cm³/mol. The number of rotatable bonds is 8. The number of hydrogen-bond donors (Lipinski definition) is 6. The third-order valence-corrected chi connectivity index (χ3v) is 6.88. The second-order valence-electron chi connectivity index (χ2n) is 9.84. The van der Waals surface area contributed by atoms with Gasteiger partial charge in [0, 0.05) is 23.8 Å². The van der Waals surface area contributed by atoms with Crippen molar-refractivity contribution in [2.45, 2.75) is 30.7 Å². The van der Waals surface area contributed by atoms with Crippen molar-refractivity contribution in [2.24, 2.45) is 0 Å². The van der Waals surface area contributed by atoms with Gasteiger partial charge in [0.2, 0.25) is 12.0 Å². The number of carbonyl (C=O) groups excluding carboxylic acids is 1. The van der Waals surface area contributed by atoms with Gasteiger partial charge in [0.05, 0.1) is 7.11 Å². The standard InChI is InChI=1S/C31H28O13/c1-40-30-22(13-21-25(27(30)37)19(34)12-20(42-21)16-5-9-18(33)10-6-16)43-31-29(39)28(38)26(36)23(44-31)14-41-24(35)11-4-15-2-7-17(32)8-3-15/h2-13,23,26,28-29,31-33,36-39H,14H2,1H3/t23-,26-,28+,29-,31-/m1/s1. The molecule has 4 aromatic rings. The van der Waals surface area contributed by atoms with Crippen molar-refractivity contribution in [3.8, 4) is 40.1 Å². The minimum absolute atomic E-state index is 0.00640. The molecule has 2 heterocycles. The number of phenolic OH excluding ortho intramolecular Hbond substituents is 3. The van der Waals surface area contributed by atoms with Gasteiger partial charge < -0.3 is 54.0 Å². The summed E-state index contributed by atoms with van der Waals surface area (Å²) < 4.78 is 27.6. The summed E-state index contributed by atoms with van der Waals surface area (Å²) >= 11 is 0. The second-order valence-corrected chi connectivity index (χ2v) is 9.84. The van der Waals surface area contributed by atoms with E-state index < -0.39 is 54.5 Å². The first kappa shape index (κ1) is 30.4. The predicted octanol–water partition coefficient (Wildman–Crippen LogP) is 2.03. The van der Waals surface area contributed by atoms with Gasteiger partial charge in [-0.2, -0.15) is 0 Å². The van der Waals surface area contributed by atoms with Crippen LogP contribution in [0, 0.1) is 0 Å². The summed E-state index contributed by atoms with van der Waals surface area (Å²) in [6.45, 7) is -0.533. The van der Waals surface area contributed by atoms with Crippen molar-refractivity contribution >= 4 is 23.0 Å². The van der Waals surface area contributed by atoms with Crippen molar-refractivity contribution in [1.29, 1.82) is 0 Å². The number of ether oxygens (including phenoxy) is 4. The Labute approximate surface area is 249 Å². The van der Waals surface area contributed by atoms with Crippen LogP contribution in [0.15, 0.2) is 76.0 Å². The molecule has 5 atom stereocenters. The number of aliphatic hydroxyl groups excluding tert-OH is 3. The lowest BCUT2D eigenvalue weighted by molar-refractivity contribution is -0.278. The molecule has 0 amide bonds. The number of aliphatic hydroxyl groups is 3. The largest absolute Gasteiger partial charge is 0.508 e. The van der Waals surface area contributed by atoms with Crippen LogP contribution < -0.4 is 14.9 Å². The number of methoxy groups -OCH3 is 1. The van der Waals surface area contributed by atoms with Gasteiger partial charge in [-0.25, -0.2) is 4.79 Å². The number of carbonyl (C=O) groups is 1. The Balaban J connectivity index is 1.37. The molecular formula is C31H28O13. The van der Waals surface area contributed by atoms with E-state index in [9.17, 15) is 40.2 Å². The molecule has 0 radical (unpaired) electrons. The molecule has 6 N–H and O–H groups in total. The average molecular weight is 609 g/mol. The van der Waals surface area contributed by atoms with Crippen molar-refractivity contribution in [3.05, 3.63) is 82.5 Å². The van der Waals surface area contributed by atoms with Gasteiger partial charge in [-0.3, -0.25) is 4.79 Å². The topological polar surface area (TPSA) is 206 Å². The molecule has 13 heteroatoms. The molecule has 1 aliphatic rings. The van der Waals surface area contributed by atoms with Crippen LogP contribution in [0.1, 0.15) is 5.56 Å². The quantitative estimate of drug-likeness (QED) is 0.125. The van der Waals surface area contributed by atoms with Gasteiger partial charge in [-0.1, -0.05) is 12.1 Å². The Kier molecular flexibility index (Phi) is 8.73. The minimum atomic E-state index is -1.80. The summed E-state index contributed by atoms with van der Waals surface area (Å²) in [7, 11) is 1.20. The van der Waals surface area contributed by atoms with Gasteiger partial charge in [-0.05, 0) is 48.0 Å². The molecule has 0 unspecified atom stereocenters. The number of phenols is 3. The highest BCUT2D eigenvalue weighted by atomic mass is 16.7. The zero-order valence-electron chi connectivity index (χ0n) is 23.1. The van der Waals surface area contributed by atoms with Crippen LogP contribution in [-0.2, 0) is 14.3 Å². The molecule has 5 rings (SSSR count). The summed E-state index contributed by atoms with van der Waals surface area (Å²) in [5, 5.41) is 61.1.